The van der Waals surface area contributed by atoms with Crippen LogP contribution in [0.4, 0.5) is 0 Å². The minimum atomic E-state index is -1.08. The maximum absolute atomic E-state index is 10.4. The molecular formula is C8H10O4S. The summed E-state index contributed by atoms with van der Waals surface area (Å²) in [6.45, 7) is 1.86. The van der Waals surface area contributed by atoms with E-state index in [1.807, 2.05) is 6.92 Å². The lowest BCUT2D eigenvalue weighted by Crippen LogP contribution is -2.00. The Bertz CT molecular complexity index is 294. The van der Waals surface area contributed by atoms with Crippen LogP contribution in [0.1, 0.15) is 17.5 Å². The summed E-state index contributed by atoms with van der Waals surface area (Å²) in [7, 11) is 0. The molecule has 0 aliphatic carbocycles. The van der Waals surface area contributed by atoms with Crippen molar-refractivity contribution in [2.75, 3.05) is 6.61 Å². The molecule has 72 valence electrons. The largest absolute Gasteiger partial charge is 0.475 e. The molecule has 4 nitrogen and oxygen atoms in total. The molecule has 2 N–H and O–H groups in total. The van der Waals surface area contributed by atoms with Gasteiger partial charge >= 0.3 is 5.97 Å². The van der Waals surface area contributed by atoms with Gasteiger partial charge in [0.1, 0.15) is 0 Å². The van der Waals surface area contributed by atoms with E-state index in [0.717, 1.165) is 0 Å². The van der Waals surface area contributed by atoms with Crippen molar-refractivity contribution in [2.24, 2.45) is 0 Å². The molecule has 0 saturated carbocycles. The van der Waals surface area contributed by atoms with Gasteiger partial charge in [-0.05, 0) is 12.1 Å². The summed E-state index contributed by atoms with van der Waals surface area (Å²) in [6, 6.07) is 2.98. The predicted octanol–water partition coefficient (Wildman–Crippen LogP) is 1.45. The summed E-state index contributed by atoms with van der Waals surface area (Å²) in [6.07, 6.45) is 0. The van der Waals surface area contributed by atoms with E-state index in [-0.39, 0.29) is 17.6 Å². The fraction of sp³-hybridized carbons (Fsp3) is 0.375. The monoisotopic (exact) mass is 202 g/mol. The lowest BCUT2D eigenvalue weighted by atomic mass is 10.5. The summed E-state index contributed by atoms with van der Waals surface area (Å²) in [4.78, 5) is 10.4. The quantitative estimate of drug-likeness (QED) is 0.723. The smallest absolute Gasteiger partial charge is 0.371 e. The summed E-state index contributed by atoms with van der Waals surface area (Å²) >= 11 is 1.30. The van der Waals surface area contributed by atoms with Crippen molar-refractivity contribution in [3.63, 3.8) is 0 Å². The van der Waals surface area contributed by atoms with Crippen LogP contribution in [0.3, 0.4) is 0 Å². The van der Waals surface area contributed by atoms with E-state index in [4.69, 9.17) is 14.6 Å². The van der Waals surface area contributed by atoms with Crippen LogP contribution >= 0.6 is 11.8 Å². The molecule has 1 aromatic rings. The zero-order valence-corrected chi connectivity index (χ0v) is 7.87. The second-order valence-corrected chi connectivity index (χ2v) is 3.98. The van der Waals surface area contributed by atoms with Crippen LogP contribution in [0.25, 0.3) is 0 Å². The van der Waals surface area contributed by atoms with Gasteiger partial charge in [-0.3, -0.25) is 0 Å². The number of hydrogen-bond donors (Lipinski definition) is 2. The highest BCUT2D eigenvalue weighted by molar-refractivity contribution is 7.99. The SMILES string of the molecule is CC(CO)Sc1ccc(C(=O)O)o1. The molecule has 0 spiro atoms. The molecule has 0 aliphatic heterocycles. The van der Waals surface area contributed by atoms with Crippen molar-refractivity contribution >= 4 is 17.7 Å². The number of rotatable bonds is 4. The molecule has 0 aliphatic rings. The maximum atomic E-state index is 10.4. The van der Waals surface area contributed by atoms with E-state index in [1.165, 1.54) is 17.8 Å². The molecule has 1 heterocycles. The van der Waals surface area contributed by atoms with Crippen LogP contribution in [-0.2, 0) is 0 Å². The standard InChI is InChI=1S/C8H10O4S/c1-5(4-9)13-7-3-2-6(12-7)8(10)11/h2-3,5,9H,4H2,1H3,(H,10,11). The Hall–Kier alpha value is -0.940. The third-order valence-electron chi connectivity index (χ3n) is 1.37. The van der Waals surface area contributed by atoms with Crippen molar-refractivity contribution in [3.05, 3.63) is 17.9 Å². The highest BCUT2D eigenvalue weighted by atomic mass is 32.2. The van der Waals surface area contributed by atoms with E-state index in [1.54, 1.807) is 6.07 Å². The number of aliphatic hydroxyl groups excluding tert-OH is 1. The number of carbonyl (C=O) groups is 1. The molecule has 0 radical (unpaired) electrons. The number of furan rings is 1. The first kappa shape index (κ1) is 10.1. The molecule has 0 aromatic carbocycles. The van der Waals surface area contributed by atoms with E-state index in [0.29, 0.717) is 5.09 Å². The summed E-state index contributed by atoms with van der Waals surface area (Å²) in [5.74, 6) is -1.16. The number of carboxylic acids is 1. The fourth-order valence-electron chi connectivity index (χ4n) is 0.734. The molecule has 0 fully saturated rings. The lowest BCUT2D eigenvalue weighted by Gasteiger charge is -2.02. The van der Waals surface area contributed by atoms with Gasteiger partial charge in [0, 0.05) is 5.25 Å². The molecule has 13 heavy (non-hydrogen) atoms. The predicted molar refractivity (Wildman–Crippen MR) is 48.1 cm³/mol. The van der Waals surface area contributed by atoms with Crippen LogP contribution in [0, 0.1) is 0 Å². The molecule has 1 aromatic heterocycles. The first-order valence-electron chi connectivity index (χ1n) is 3.74. The van der Waals surface area contributed by atoms with Gasteiger partial charge in [-0.2, -0.15) is 0 Å². The molecule has 1 unspecified atom stereocenters. The van der Waals surface area contributed by atoms with Crippen molar-refractivity contribution < 1.29 is 19.4 Å². The third kappa shape index (κ3) is 2.78. The van der Waals surface area contributed by atoms with Crippen molar-refractivity contribution in [1.82, 2.24) is 0 Å². The number of thioether (sulfide) groups is 1. The normalized spacial score (nSPS) is 12.8. The van der Waals surface area contributed by atoms with E-state index >= 15 is 0 Å². The first-order valence-corrected chi connectivity index (χ1v) is 4.62. The van der Waals surface area contributed by atoms with Crippen LogP contribution in [-0.4, -0.2) is 28.0 Å². The van der Waals surface area contributed by atoms with Crippen LogP contribution in [0.15, 0.2) is 21.6 Å². The van der Waals surface area contributed by atoms with Gasteiger partial charge in [-0.25, -0.2) is 4.79 Å². The van der Waals surface area contributed by atoms with Crippen molar-refractivity contribution in [2.45, 2.75) is 17.3 Å². The number of aliphatic hydroxyl groups is 1. The van der Waals surface area contributed by atoms with E-state index in [9.17, 15) is 4.79 Å². The minimum absolute atomic E-state index is 0.00722. The van der Waals surface area contributed by atoms with Crippen molar-refractivity contribution in [1.29, 1.82) is 0 Å². The Balaban J connectivity index is 2.64. The van der Waals surface area contributed by atoms with Gasteiger partial charge in [-0.1, -0.05) is 18.7 Å². The third-order valence-corrected chi connectivity index (χ3v) is 2.37. The summed E-state index contributed by atoms with van der Waals surface area (Å²) in [5, 5.41) is 17.8. The molecule has 0 bridgehead atoms. The topological polar surface area (TPSA) is 70.7 Å². The van der Waals surface area contributed by atoms with E-state index < -0.39 is 5.97 Å². The molecule has 1 atom stereocenters. The number of aromatic carboxylic acids is 1. The second kappa shape index (κ2) is 4.34. The fourth-order valence-corrected chi connectivity index (χ4v) is 1.49. The average Bonchev–Trinajstić information content (AvgIpc) is 2.52. The Morgan fingerprint density at radius 1 is 1.69 bits per heavy atom. The Labute approximate surface area is 79.6 Å². The van der Waals surface area contributed by atoms with Crippen LogP contribution in [0.2, 0.25) is 0 Å². The summed E-state index contributed by atoms with van der Waals surface area (Å²) in [5.41, 5.74) is 0. The van der Waals surface area contributed by atoms with Gasteiger partial charge in [0.15, 0.2) is 5.09 Å². The highest BCUT2D eigenvalue weighted by Crippen LogP contribution is 2.24. The number of hydrogen-bond acceptors (Lipinski definition) is 4. The molecule has 1 rings (SSSR count). The lowest BCUT2D eigenvalue weighted by molar-refractivity contribution is 0.0656. The van der Waals surface area contributed by atoms with Crippen LogP contribution < -0.4 is 0 Å². The second-order valence-electron chi connectivity index (χ2n) is 2.53. The number of carboxylic acid groups (broad SMARTS) is 1. The van der Waals surface area contributed by atoms with Crippen molar-refractivity contribution in [3.8, 4) is 0 Å². The zero-order valence-electron chi connectivity index (χ0n) is 7.06. The molecular weight excluding hydrogens is 192 g/mol. The molecule has 0 amide bonds. The molecule has 0 saturated heterocycles. The van der Waals surface area contributed by atoms with Gasteiger partial charge in [-0.15, -0.1) is 0 Å². The average molecular weight is 202 g/mol. The zero-order chi connectivity index (χ0) is 9.84. The van der Waals surface area contributed by atoms with Gasteiger partial charge in [0.2, 0.25) is 5.76 Å². The van der Waals surface area contributed by atoms with E-state index in [2.05, 4.69) is 0 Å². The maximum Gasteiger partial charge on any atom is 0.371 e. The Morgan fingerprint density at radius 3 is 2.85 bits per heavy atom. The molecule has 5 heteroatoms. The Morgan fingerprint density at radius 2 is 2.38 bits per heavy atom. The highest BCUT2D eigenvalue weighted by Gasteiger charge is 2.11. The van der Waals surface area contributed by atoms with Gasteiger partial charge < -0.3 is 14.6 Å². The van der Waals surface area contributed by atoms with Crippen LogP contribution in [0.5, 0.6) is 0 Å². The Kier molecular flexibility index (Phi) is 3.39. The summed E-state index contributed by atoms with van der Waals surface area (Å²) < 4.78 is 4.97. The minimum Gasteiger partial charge on any atom is -0.475 e. The van der Waals surface area contributed by atoms with Gasteiger partial charge in [0.25, 0.3) is 0 Å². The first-order chi connectivity index (χ1) is 6.13. The van der Waals surface area contributed by atoms with Gasteiger partial charge in [0.05, 0.1) is 6.61 Å².